The summed E-state index contributed by atoms with van der Waals surface area (Å²) >= 11 is 0. The zero-order valence-corrected chi connectivity index (χ0v) is 17.0. The minimum Gasteiger partial charge on any atom is -0.198 e. The molecule has 30 heavy (non-hydrogen) atoms. The third-order valence-corrected chi connectivity index (χ3v) is 5.97. The van der Waals surface area contributed by atoms with E-state index in [2.05, 4.69) is 42.3 Å². The lowest BCUT2D eigenvalue weighted by molar-refractivity contribution is -0.401. The molecule has 1 heterocycles. The summed E-state index contributed by atoms with van der Waals surface area (Å²) < 4.78 is 40.7. The van der Waals surface area contributed by atoms with Gasteiger partial charge in [0.25, 0.3) is 0 Å². The summed E-state index contributed by atoms with van der Waals surface area (Å²) in [5.41, 5.74) is 3.30. The molecule has 1 aliphatic rings. The van der Waals surface area contributed by atoms with Crippen molar-refractivity contribution in [3.05, 3.63) is 96.1 Å². The second-order valence-electron chi connectivity index (χ2n) is 7.90. The summed E-state index contributed by atoms with van der Waals surface area (Å²) in [6.07, 6.45) is 2.25. The number of benzene rings is 3. The first kappa shape index (κ1) is 20.1. The number of rotatable bonds is 4. The lowest BCUT2D eigenvalue weighted by Crippen LogP contribution is -2.30. The van der Waals surface area contributed by atoms with Crippen molar-refractivity contribution < 1.29 is 17.7 Å². The van der Waals surface area contributed by atoms with Gasteiger partial charge in [-0.3, -0.25) is 0 Å². The smallest absolute Gasteiger partial charge is 0.198 e. The van der Waals surface area contributed by atoms with E-state index in [1.54, 1.807) is 0 Å². The summed E-state index contributed by atoms with van der Waals surface area (Å²) in [6.45, 7) is 6.17. The fraction of sp³-hybridized carbons (Fsp3) is 0.192. The number of hydrogen-bond donors (Lipinski definition) is 0. The molecular formula is C26H23F3N+. The first-order chi connectivity index (χ1) is 14.3. The Morgan fingerprint density at radius 1 is 0.967 bits per heavy atom. The Kier molecular flexibility index (Phi) is 4.89. The van der Waals surface area contributed by atoms with E-state index in [1.165, 1.54) is 28.5 Å². The molecule has 1 aliphatic heterocycles. The van der Waals surface area contributed by atoms with E-state index in [0.717, 1.165) is 35.5 Å². The highest BCUT2D eigenvalue weighted by molar-refractivity contribution is 6.09. The molecule has 0 saturated heterocycles. The molecule has 4 heteroatoms. The molecule has 1 unspecified atom stereocenters. The maximum Gasteiger partial charge on any atom is 0.416 e. The molecule has 0 N–H and O–H groups in total. The first-order valence-corrected chi connectivity index (χ1v) is 9.85. The van der Waals surface area contributed by atoms with Crippen LogP contribution in [-0.4, -0.2) is 17.3 Å². The van der Waals surface area contributed by atoms with Gasteiger partial charge in [-0.1, -0.05) is 42.5 Å². The van der Waals surface area contributed by atoms with Gasteiger partial charge in [0.15, 0.2) is 5.71 Å². The maximum atomic E-state index is 12.8. The molecular weight excluding hydrogens is 383 g/mol. The second kappa shape index (κ2) is 7.28. The van der Waals surface area contributed by atoms with E-state index in [4.69, 9.17) is 0 Å². The first-order valence-electron chi connectivity index (χ1n) is 9.85. The third-order valence-electron chi connectivity index (χ3n) is 5.97. The molecule has 4 rings (SSSR count). The molecule has 3 aromatic carbocycles. The van der Waals surface area contributed by atoms with Crippen LogP contribution in [0.4, 0.5) is 18.9 Å². The lowest BCUT2D eigenvalue weighted by atomic mass is 9.74. The summed E-state index contributed by atoms with van der Waals surface area (Å²) in [6, 6.07) is 17.8. The van der Waals surface area contributed by atoms with Crippen LogP contribution in [0.15, 0.2) is 79.4 Å². The fourth-order valence-electron chi connectivity index (χ4n) is 4.50. The molecule has 152 valence electrons. The molecule has 0 spiro atoms. The molecule has 0 radical (unpaired) electrons. The topological polar surface area (TPSA) is 3.01 Å². The van der Waals surface area contributed by atoms with Crippen LogP contribution in [0.25, 0.3) is 16.8 Å². The van der Waals surface area contributed by atoms with Gasteiger partial charge < -0.3 is 0 Å². The fourth-order valence-corrected chi connectivity index (χ4v) is 4.50. The van der Waals surface area contributed by atoms with E-state index in [0.29, 0.717) is 0 Å². The van der Waals surface area contributed by atoms with Crippen LogP contribution >= 0.6 is 0 Å². The maximum absolute atomic E-state index is 12.8. The highest BCUT2D eigenvalue weighted by Gasteiger charge is 2.46. The SMILES string of the molecule is C=CCC1(C)C(C=Cc2ccc(C(F)(F)F)cc2)=[N+](C)c2ccc3ccccc3c21. The van der Waals surface area contributed by atoms with Crippen molar-refractivity contribution in [2.24, 2.45) is 0 Å². The zero-order chi connectivity index (χ0) is 21.5. The van der Waals surface area contributed by atoms with Crippen molar-refractivity contribution in [2.45, 2.75) is 24.9 Å². The number of alkyl halides is 3. The van der Waals surface area contributed by atoms with E-state index < -0.39 is 11.7 Å². The number of allylic oxidation sites excluding steroid dienone is 2. The standard InChI is InChI=1S/C26H23F3N/c1-4-17-25(2)23(16-11-18-9-13-20(14-10-18)26(27,28)29)30(3)22-15-12-19-7-5-6-8-21(19)24(22)25/h4-16H,1,17H2,2-3H3/q+1. The van der Waals surface area contributed by atoms with Gasteiger partial charge in [-0.25, -0.2) is 0 Å². The summed E-state index contributed by atoms with van der Waals surface area (Å²) in [7, 11) is 2.04. The van der Waals surface area contributed by atoms with Crippen LogP contribution < -0.4 is 0 Å². The molecule has 0 amide bonds. The Balaban J connectivity index is 1.79. The summed E-state index contributed by atoms with van der Waals surface area (Å²) in [4.78, 5) is 0. The largest absolute Gasteiger partial charge is 0.416 e. The number of fused-ring (bicyclic) bond motifs is 3. The summed E-state index contributed by atoms with van der Waals surface area (Å²) in [5.74, 6) is 0. The van der Waals surface area contributed by atoms with Crippen LogP contribution in [0, 0.1) is 0 Å². The average molecular weight is 406 g/mol. The molecule has 3 aromatic rings. The average Bonchev–Trinajstić information content (AvgIpc) is 2.93. The van der Waals surface area contributed by atoms with Gasteiger partial charge in [0.05, 0.1) is 11.0 Å². The van der Waals surface area contributed by atoms with Crippen LogP contribution in [0.2, 0.25) is 0 Å². The van der Waals surface area contributed by atoms with Crippen molar-refractivity contribution in [3.63, 3.8) is 0 Å². The highest BCUT2D eigenvalue weighted by atomic mass is 19.4. The molecule has 0 aliphatic carbocycles. The van der Waals surface area contributed by atoms with Crippen molar-refractivity contribution in [3.8, 4) is 0 Å². The quantitative estimate of drug-likeness (QED) is 0.320. The van der Waals surface area contributed by atoms with E-state index >= 15 is 0 Å². The Morgan fingerprint density at radius 2 is 1.67 bits per heavy atom. The van der Waals surface area contributed by atoms with Gasteiger partial charge in [-0.05, 0) is 54.0 Å². The van der Waals surface area contributed by atoms with Gasteiger partial charge in [-0.2, -0.15) is 17.7 Å². The monoisotopic (exact) mass is 406 g/mol. The Bertz CT molecular complexity index is 1180. The number of nitrogens with zero attached hydrogens (tertiary/aromatic N) is 1. The normalized spacial score (nSPS) is 19.0. The minimum absolute atomic E-state index is 0.283. The van der Waals surface area contributed by atoms with E-state index in [1.807, 2.05) is 37.4 Å². The van der Waals surface area contributed by atoms with Crippen molar-refractivity contribution in [1.82, 2.24) is 0 Å². The zero-order valence-electron chi connectivity index (χ0n) is 17.0. The predicted molar refractivity (Wildman–Crippen MR) is 117 cm³/mol. The lowest BCUT2D eigenvalue weighted by Gasteiger charge is -2.22. The van der Waals surface area contributed by atoms with Gasteiger partial charge >= 0.3 is 6.18 Å². The Hall–Kier alpha value is -3.14. The van der Waals surface area contributed by atoms with Crippen molar-refractivity contribution in [1.29, 1.82) is 0 Å². The van der Waals surface area contributed by atoms with Crippen LogP contribution in [0.3, 0.4) is 0 Å². The van der Waals surface area contributed by atoms with Gasteiger partial charge in [0.2, 0.25) is 5.69 Å². The molecule has 0 aromatic heterocycles. The van der Waals surface area contributed by atoms with Gasteiger partial charge in [0.1, 0.15) is 7.05 Å². The molecule has 1 nitrogen and oxygen atoms in total. The molecule has 0 saturated carbocycles. The van der Waals surface area contributed by atoms with Crippen LogP contribution in [-0.2, 0) is 11.6 Å². The number of hydrogen-bond acceptors (Lipinski definition) is 0. The third kappa shape index (κ3) is 3.26. The molecule has 0 bridgehead atoms. The van der Waals surface area contributed by atoms with Crippen molar-refractivity contribution >= 4 is 28.2 Å². The highest BCUT2D eigenvalue weighted by Crippen LogP contribution is 2.46. The second-order valence-corrected chi connectivity index (χ2v) is 7.90. The number of halogens is 3. The van der Waals surface area contributed by atoms with Crippen LogP contribution in [0.5, 0.6) is 0 Å². The van der Waals surface area contributed by atoms with E-state index in [9.17, 15) is 13.2 Å². The predicted octanol–water partition coefficient (Wildman–Crippen LogP) is 7.13. The minimum atomic E-state index is -4.33. The van der Waals surface area contributed by atoms with Crippen molar-refractivity contribution in [2.75, 3.05) is 7.05 Å². The Labute approximate surface area is 174 Å². The molecule has 1 atom stereocenters. The van der Waals surface area contributed by atoms with Crippen LogP contribution in [0.1, 0.15) is 30.0 Å². The Morgan fingerprint density at radius 3 is 2.33 bits per heavy atom. The van der Waals surface area contributed by atoms with Gasteiger partial charge in [-0.15, -0.1) is 6.58 Å². The molecule has 0 fully saturated rings. The summed E-state index contributed by atoms with van der Waals surface area (Å²) in [5, 5.41) is 2.40. The van der Waals surface area contributed by atoms with Gasteiger partial charge in [0, 0.05) is 17.7 Å². The van der Waals surface area contributed by atoms with E-state index in [-0.39, 0.29) is 5.41 Å².